The molecule has 0 amide bonds. The third kappa shape index (κ3) is 3.61. The van der Waals surface area contributed by atoms with Crippen LogP contribution in [0.2, 0.25) is 5.28 Å². The van der Waals surface area contributed by atoms with Gasteiger partial charge in [-0.3, -0.25) is 0 Å². The summed E-state index contributed by atoms with van der Waals surface area (Å²) in [5, 5.41) is 6.23. The highest BCUT2D eigenvalue weighted by atomic mass is 35.5. The fraction of sp³-hybridized carbons (Fsp3) is 0.357. The van der Waals surface area contributed by atoms with Crippen LogP contribution in [0, 0.1) is 5.82 Å². The smallest absolute Gasteiger partial charge is 0.226 e. The molecule has 3 aromatic rings. The van der Waals surface area contributed by atoms with Crippen LogP contribution in [0.4, 0.5) is 10.2 Å². The highest BCUT2D eigenvalue weighted by Gasteiger charge is 2.22. The van der Waals surface area contributed by atoms with Crippen molar-refractivity contribution in [3.8, 4) is 0 Å². The number of hydrogen-bond donors (Lipinski definition) is 2. The van der Waals surface area contributed by atoms with Gasteiger partial charge in [0.2, 0.25) is 5.28 Å². The zero-order chi connectivity index (χ0) is 16.6. The minimum atomic E-state index is -0.363. The fourth-order valence-corrected chi connectivity index (χ4v) is 3.17. The van der Waals surface area contributed by atoms with Crippen molar-refractivity contribution in [1.29, 1.82) is 0 Å². The highest BCUT2D eigenvalue weighted by molar-refractivity contribution is 7.09. The number of nitrogens with one attached hydrogen (secondary N) is 1. The number of aryl methyl sites for hydroxylation is 1. The largest absolute Gasteiger partial charge is 0.363 e. The summed E-state index contributed by atoms with van der Waals surface area (Å²) in [5.74, 6) is -0.00247. The molecule has 0 bridgehead atoms. The molecule has 0 aliphatic heterocycles. The Balaban J connectivity index is 0.00000208. The Hall–Kier alpha value is -1.48. The van der Waals surface area contributed by atoms with E-state index < -0.39 is 0 Å². The van der Waals surface area contributed by atoms with Crippen LogP contribution in [0.5, 0.6) is 0 Å². The quantitative estimate of drug-likeness (QED) is 0.653. The molecule has 0 aliphatic carbocycles. The van der Waals surface area contributed by atoms with Crippen molar-refractivity contribution in [1.82, 2.24) is 19.5 Å². The van der Waals surface area contributed by atoms with Gasteiger partial charge in [0.1, 0.15) is 16.5 Å². The molecule has 3 N–H and O–H groups in total. The van der Waals surface area contributed by atoms with Gasteiger partial charge in [0.15, 0.2) is 5.82 Å². The Morgan fingerprint density at radius 2 is 2.21 bits per heavy atom. The minimum Gasteiger partial charge on any atom is -0.363 e. The van der Waals surface area contributed by atoms with Gasteiger partial charge in [0.25, 0.3) is 0 Å². The Bertz CT molecular complexity index is 834. The van der Waals surface area contributed by atoms with Crippen molar-refractivity contribution in [2.24, 2.45) is 12.8 Å². The Kier molecular flexibility index (Phi) is 5.97. The number of nitrogens with zero attached hydrogens (tertiary/aromatic N) is 4. The lowest BCUT2D eigenvalue weighted by atomic mass is 10.2. The number of halogens is 3. The second-order valence-corrected chi connectivity index (χ2v) is 6.64. The van der Waals surface area contributed by atoms with Crippen LogP contribution >= 0.6 is 35.3 Å². The summed E-state index contributed by atoms with van der Waals surface area (Å²) in [5.41, 5.74) is 6.74. The molecule has 6 nitrogen and oxygen atoms in total. The van der Waals surface area contributed by atoms with E-state index in [1.165, 1.54) is 11.3 Å². The van der Waals surface area contributed by atoms with Crippen LogP contribution in [0.15, 0.2) is 11.6 Å². The number of thiazole rings is 1. The maximum absolute atomic E-state index is 14.9. The van der Waals surface area contributed by atoms with Crippen molar-refractivity contribution in [2.45, 2.75) is 25.9 Å². The molecule has 3 aromatic heterocycles. The summed E-state index contributed by atoms with van der Waals surface area (Å²) in [6.07, 6.45) is 2.12. The molecule has 3 heterocycles. The molecule has 24 heavy (non-hydrogen) atoms. The molecule has 0 saturated heterocycles. The Labute approximate surface area is 153 Å². The van der Waals surface area contributed by atoms with Crippen molar-refractivity contribution in [2.75, 3.05) is 5.32 Å². The van der Waals surface area contributed by atoms with Crippen LogP contribution in [0.25, 0.3) is 11.0 Å². The van der Waals surface area contributed by atoms with Gasteiger partial charge < -0.3 is 15.6 Å². The van der Waals surface area contributed by atoms with Gasteiger partial charge in [0, 0.05) is 31.1 Å². The summed E-state index contributed by atoms with van der Waals surface area (Å²) in [6, 6.07) is -0.164. The predicted molar refractivity (Wildman–Crippen MR) is 97.5 cm³/mol. The first kappa shape index (κ1) is 18.9. The topological polar surface area (TPSA) is 81.7 Å². The van der Waals surface area contributed by atoms with Crippen LogP contribution in [0.1, 0.15) is 17.6 Å². The molecule has 0 unspecified atom stereocenters. The van der Waals surface area contributed by atoms with Crippen molar-refractivity contribution < 1.29 is 4.39 Å². The van der Waals surface area contributed by atoms with Gasteiger partial charge in [-0.2, -0.15) is 9.97 Å². The second kappa shape index (κ2) is 7.60. The number of rotatable bonds is 5. The van der Waals surface area contributed by atoms with E-state index in [4.69, 9.17) is 17.3 Å². The minimum absolute atomic E-state index is 0. The van der Waals surface area contributed by atoms with Crippen LogP contribution in [-0.4, -0.2) is 25.6 Å². The van der Waals surface area contributed by atoms with Crippen molar-refractivity contribution in [3.05, 3.63) is 33.4 Å². The first-order valence-electron chi connectivity index (χ1n) is 7.05. The molecule has 0 saturated carbocycles. The molecular formula is C14H17Cl2FN6S. The Morgan fingerprint density at radius 3 is 2.83 bits per heavy atom. The van der Waals surface area contributed by atoms with E-state index in [1.54, 1.807) is 17.8 Å². The predicted octanol–water partition coefficient (Wildman–Crippen LogP) is 3.14. The molecule has 0 spiro atoms. The van der Waals surface area contributed by atoms with Gasteiger partial charge in [-0.15, -0.1) is 23.7 Å². The average Bonchev–Trinajstić information content (AvgIpc) is 3.08. The summed E-state index contributed by atoms with van der Waals surface area (Å²) in [6.45, 7) is 2.27. The van der Waals surface area contributed by atoms with E-state index in [0.717, 1.165) is 5.01 Å². The maximum Gasteiger partial charge on any atom is 0.226 e. The molecular weight excluding hydrogens is 374 g/mol. The standard InChI is InChI=1S/C14H16ClFN6S.ClH/c1-7(17)5-8-11(16)10-12(19-6-9-18-3-4-23-9)20-14(15)21-13(10)22(8)2;/h3-4,7H,5-6,17H2,1-2H3,(H,19,20,21);1H/t7-;/m0./s1. The molecule has 0 radical (unpaired) electrons. The first-order valence-corrected chi connectivity index (χ1v) is 8.31. The van der Waals surface area contributed by atoms with E-state index in [1.807, 2.05) is 12.3 Å². The Morgan fingerprint density at radius 1 is 1.46 bits per heavy atom. The normalized spacial score (nSPS) is 12.2. The summed E-state index contributed by atoms with van der Waals surface area (Å²) in [4.78, 5) is 12.5. The molecule has 1 atom stereocenters. The molecule has 0 aliphatic rings. The lowest BCUT2D eigenvalue weighted by Crippen LogP contribution is -2.20. The van der Waals surface area contributed by atoms with Crippen LogP contribution in [0.3, 0.4) is 0 Å². The molecule has 10 heteroatoms. The summed E-state index contributed by atoms with van der Waals surface area (Å²) >= 11 is 7.50. The third-order valence-corrected chi connectivity index (χ3v) is 4.41. The molecule has 130 valence electrons. The van der Waals surface area contributed by atoms with Gasteiger partial charge >= 0.3 is 0 Å². The zero-order valence-electron chi connectivity index (χ0n) is 13.1. The number of hydrogen-bond acceptors (Lipinski definition) is 6. The lowest BCUT2D eigenvalue weighted by molar-refractivity contribution is 0.586. The van der Waals surface area contributed by atoms with E-state index in [9.17, 15) is 4.39 Å². The fourth-order valence-electron chi connectivity index (χ4n) is 2.45. The first-order chi connectivity index (χ1) is 11.0. The molecule has 0 aromatic carbocycles. The number of fused-ring (bicyclic) bond motifs is 1. The monoisotopic (exact) mass is 390 g/mol. The average molecular weight is 391 g/mol. The van der Waals surface area contributed by atoms with Gasteiger partial charge in [0.05, 0.1) is 17.6 Å². The van der Waals surface area contributed by atoms with E-state index >= 15 is 0 Å². The SMILES string of the molecule is C[C@H](N)Cc1c(F)c2c(NCc3nccs3)nc(Cl)nc2n1C.Cl. The van der Waals surface area contributed by atoms with Gasteiger partial charge in [-0.1, -0.05) is 0 Å². The summed E-state index contributed by atoms with van der Waals surface area (Å²) in [7, 11) is 1.75. The summed E-state index contributed by atoms with van der Waals surface area (Å²) < 4.78 is 16.5. The third-order valence-electron chi connectivity index (χ3n) is 3.46. The van der Waals surface area contributed by atoms with E-state index in [2.05, 4.69) is 20.3 Å². The van der Waals surface area contributed by atoms with E-state index in [0.29, 0.717) is 35.5 Å². The lowest BCUT2D eigenvalue weighted by Gasteiger charge is -2.06. The second-order valence-electron chi connectivity index (χ2n) is 5.32. The van der Waals surface area contributed by atoms with E-state index in [-0.39, 0.29) is 29.5 Å². The maximum atomic E-state index is 14.9. The van der Waals surface area contributed by atoms with Crippen LogP contribution < -0.4 is 11.1 Å². The number of aromatic nitrogens is 4. The van der Waals surface area contributed by atoms with Gasteiger partial charge in [-0.25, -0.2) is 9.37 Å². The zero-order valence-corrected chi connectivity index (χ0v) is 15.5. The highest BCUT2D eigenvalue weighted by Crippen LogP contribution is 2.30. The van der Waals surface area contributed by atoms with Crippen LogP contribution in [-0.2, 0) is 20.0 Å². The number of anilines is 1. The molecule has 0 fully saturated rings. The molecule has 3 rings (SSSR count). The van der Waals surface area contributed by atoms with Crippen molar-refractivity contribution >= 4 is 52.2 Å². The number of nitrogens with two attached hydrogens (primary N) is 1. The van der Waals surface area contributed by atoms with Crippen molar-refractivity contribution in [3.63, 3.8) is 0 Å². The van der Waals surface area contributed by atoms with Gasteiger partial charge in [-0.05, 0) is 18.5 Å².